The minimum absolute atomic E-state index is 0. The fraction of sp³-hybridized carbons (Fsp3) is 0.632. The van der Waals surface area contributed by atoms with Gasteiger partial charge >= 0.3 is 0 Å². The van der Waals surface area contributed by atoms with Crippen molar-refractivity contribution in [2.24, 2.45) is 10.4 Å². The van der Waals surface area contributed by atoms with Gasteiger partial charge in [0.2, 0.25) is 0 Å². The van der Waals surface area contributed by atoms with Crippen LogP contribution in [0.25, 0.3) is 0 Å². The van der Waals surface area contributed by atoms with Crippen LogP contribution in [0.5, 0.6) is 5.75 Å². The molecule has 0 aromatic heterocycles. The number of hydrogen-bond acceptors (Lipinski definition) is 3. The second-order valence-corrected chi connectivity index (χ2v) is 6.71. The van der Waals surface area contributed by atoms with E-state index in [-0.39, 0.29) is 35.5 Å². The SMILES string of the molecule is CCNC(=NCc1ccccc1OCC)NCC(OC)C(C)(C)C.I. The zero-order valence-electron chi connectivity index (χ0n) is 16.4. The lowest BCUT2D eigenvalue weighted by Crippen LogP contribution is -2.45. The molecule has 1 rings (SSSR count). The zero-order chi connectivity index (χ0) is 18.0. The van der Waals surface area contributed by atoms with E-state index in [2.05, 4.69) is 43.3 Å². The Kier molecular flexibility index (Phi) is 11.8. The maximum atomic E-state index is 5.66. The quantitative estimate of drug-likeness (QED) is 0.350. The Bertz CT molecular complexity index is 516. The van der Waals surface area contributed by atoms with Crippen molar-refractivity contribution in [1.82, 2.24) is 10.6 Å². The second kappa shape index (κ2) is 12.4. The number of rotatable bonds is 8. The highest BCUT2D eigenvalue weighted by atomic mass is 127. The first-order valence-electron chi connectivity index (χ1n) is 8.68. The van der Waals surface area contributed by atoms with Crippen molar-refractivity contribution in [3.63, 3.8) is 0 Å². The van der Waals surface area contributed by atoms with Gasteiger partial charge in [-0.05, 0) is 25.3 Å². The number of methoxy groups -OCH3 is 1. The lowest BCUT2D eigenvalue weighted by Gasteiger charge is -2.30. The van der Waals surface area contributed by atoms with Gasteiger partial charge in [-0.3, -0.25) is 0 Å². The van der Waals surface area contributed by atoms with Crippen molar-refractivity contribution in [2.75, 3.05) is 26.8 Å². The van der Waals surface area contributed by atoms with Gasteiger partial charge in [-0.25, -0.2) is 4.99 Å². The van der Waals surface area contributed by atoms with Crippen LogP contribution in [0.3, 0.4) is 0 Å². The third-order valence-corrected chi connectivity index (χ3v) is 3.73. The highest BCUT2D eigenvalue weighted by molar-refractivity contribution is 14.0. The average molecular weight is 463 g/mol. The normalized spacial score (nSPS) is 13.0. The molecule has 1 unspecified atom stereocenters. The minimum atomic E-state index is 0. The number of nitrogens with one attached hydrogen (secondary N) is 2. The number of halogens is 1. The maximum absolute atomic E-state index is 5.66. The highest BCUT2D eigenvalue weighted by Crippen LogP contribution is 2.21. The van der Waals surface area contributed by atoms with E-state index in [1.54, 1.807) is 7.11 Å². The third-order valence-electron chi connectivity index (χ3n) is 3.73. The molecule has 1 aromatic carbocycles. The molecule has 1 aromatic rings. The number of benzene rings is 1. The Morgan fingerprint density at radius 2 is 1.84 bits per heavy atom. The number of nitrogens with zero attached hydrogens (tertiary/aromatic N) is 1. The molecule has 0 saturated carbocycles. The molecular formula is C19H34IN3O2. The second-order valence-electron chi connectivity index (χ2n) is 6.71. The third kappa shape index (κ3) is 8.76. The van der Waals surface area contributed by atoms with Gasteiger partial charge in [-0.1, -0.05) is 39.0 Å². The molecular weight excluding hydrogens is 429 g/mol. The van der Waals surface area contributed by atoms with Crippen LogP contribution in [0.2, 0.25) is 0 Å². The molecule has 1 atom stereocenters. The van der Waals surface area contributed by atoms with E-state index in [0.717, 1.165) is 23.8 Å². The molecule has 25 heavy (non-hydrogen) atoms. The van der Waals surface area contributed by atoms with Gasteiger partial charge in [0.05, 0.1) is 19.3 Å². The molecule has 0 amide bonds. The van der Waals surface area contributed by atoms with Gasteiger partial charge in [0.15, 0.2) is 5.96 Å². The van der Waals surface area contributed by atoms with Gasteiger partial charge in [0.25, 0.3) is 0 Å². The predicted molar refractivity (Wildman–Crippen MR) is 116 cm³/mol. The van der Waals surface area contributed by atoms with Gasteiger partial charge in [-0.2, -0.15) is 0 Å². The van der Waals surface area contributed by atoms with Crippen molar-refractivity contribution < 1.29 is 9.47 Å². The Hall–Kier alpha value is -1.02. The molecule has 0 aliphatic heterocycles. The van der Waals surface area contributed by atoms with Crippen LogP contribution in [-0.4, -0.2) is 38.9 Å². The van der Waals surface area contributed by atoms with Crippen LogP contribution < -0.4 is 15.4 Å². The molecule has 5 nitrogen and oxygen atoms in total. The van der Waals surface area contributed by atoms with Gasteiger partial charge in [0, 0.05) is 25.8 Å². The van der Waals surface area contributed by atoms with Crippen molar-refractivity contribution in [3.8, 4) is 5.75 Å². The monoisotopic (exact) mass is 463 g/mol. The number of hydrogen-bond donors (Lipinski definition) is 2. The van der Waals surface area contributed by atoms with Crippen LogP contribution in [0.4, 0.5) is 0 Å². The highest BCUT2D eigenvalue weighted by Gasteiger charge is 2.24. The molecule has 0 fully saturated rings. The molecule has 144 valence electrons. The van der Waals surface area contributed by atoms with Crippen molar-refractivity contribution in [1.29, 1.82) is 0 Å². The number of guanidine groups is 1. The van der Waals surface area contributed by atoms with Crippen LogP contribution in [0.15, 0.2) is 29.3 Å². The largest absolute Gasteiger partial charge is 0.494 e. The van der Waals surface area contributed by atoms with Crippen LogP contribution in [0.1, 0.15) is 40.2 Å². The van der Waals surface area contributed by atoms with E-state index < -0.39 is 0 Å². The average Bonchev–Trinajstić information content (AvgIpc) is 2.53. The van der Waals surface area contributed by atoms with Crippen LogP contribution in [0, 0.1) is 5.41 Å². The van der Waals surface area contributed by atoms with E-state index in [1.807, 2.05) is 31.2 Å². The summed E-state index contributed by atoms with van der Waals surface area (Å²) in [4.78, 5) is 4.67. The van der Waals surface area contributed by atoms with Crippen molar-refractivity contribution in [3.05, 3.63) is 29.8 Å². The summed E-state index contributed by atoms with van der Waals surface area (Å²) in [7, 11) is 1.75. The molecule has 0 radical (unpaired) electrons. The number of para-hydroxylation sites is 1. The first-order chi connectivity index (χ1) is 11.4. The Balaban J connectivity index is 0.00000576. The fourth-order valence-electron chi connectivity index (χ4n) is 2.37. The van der Waals surface area contributed by atoms with E-state index in [9.17, 15) is 0 Å². The molecule has 0 bridgehead atoms. The summed E-state index contributed by atoms with van der Waals surface area (Å²) in [6.07, 6.45) is 0.108. The van der Waals surface area contributed by atoms with Crippen molar-refractivity contribution in [2.45, 2.75) is 47.3 Å². The maximum Gasteiger partial charge on any atom is 0.191 e. The first-order valence-corrected chi connectivity index (χ1v) is 8.68. The first kappa shape index (κ1) is 24.0. The summed E-state index contributed by atoms with van der Waals surface area (Å²) in [6, 6.07) is 8.02. The summed E-state index contributed by atoms with van der Waals surface area (Å²) in [5, 5.41) is 6.65. The summed E-state index contributed by atoms with van der Waals surface area (Å²) in [6.45, 7) is 13.3. The lowest BCUT2D eigenvalue weighted by atomic mass is 9.89. The van der Waals surface area contributed by atoms with Gasteiger partial charge < -0.3 is 20.1 Å². The molecule has 0 aliphatic rings. The molecule has 6 heteroatoms. The molecule has 2 N–H and O–H groups in total. The van der Waals surface area contributed by atoms with Gasteiger partial charge in [-0.15, -0.1) is 24.0 Å². The van der Waals surface area contributed by atoms with E-state index in [4.69, 9.17) is 9.47 Å². The summed E-state index contributed by atoms with van der Waals surface area (Å²) in [5.41, 5.74) is 1.15. The molecule has 0 saturated heterocycles. The molecule has 0 heterocycles. The lowest BCUT2D eigenvalue weighted by molar-refractivity contribution is 0.0205. The Labute approximate surface area is 170 Å². The minimum Gasteiger partial charge on any atom is -0.494 e. The van der Waals surface area contributed by atoms with Crippen LogP contribution in [-0.2, 0) is 11.3 Å². The zero-order valence-corrected chi connectivity index (χ0v) is 18.7. The number of aliphatic imine (C=N–C) groups is 1. The van der Waals surface area contributed by atoms with Crippen LogP contribution >= 0.6 is 24.0 Å². The van der Waals surface area contributed by atoms with Crippen molar-refractivity contribution >= 4 is 29.9 Å². The standard InChI is InChI=1S/C19H33N3O2.HI/c1-7-20-18(22-14-17(23-6)19(3,4)5)21-13-15-11-9-10-12-16(15)24-8-2;/h9-12,17H,7-8,13-14H2,1-6H3,(H2,20,21,22);1H. The fourth-order valence-corrected chi connectivity index (χ4v) is 2.37. The van der Waals surface area contributed by atoms with E-state index in [1.165, 1.54) is 0 Å². The predicted octanol–water partition coefficient (Wildman–Crippen LogP) is 3.82. The number of ether oxygens (including phenoxy) is 2. The summed E-state index contributed by atoms with van der Waals surface area (Å²) < 4.78 is 11.3. The topological polar surface area (TPSA) is 54.9 Å². The van der Waals surface area contributed by atoms with E-state index >= 15 is 0 Å². The summed E-state index contributed by atoms with van der Waals surface area (Å²) in [5.74, 6) is 1.68. The molecule has 0 aliphatic carbocycles. The smallest absolute Gasteiger partial charge is 0.191 e. The Morgan fingerprint density at radius 3 is 2.40 bits per heavy atom. The van der Waals surface area contributed by atoms with Gasteiger partial charge in [0.1, 0.15) is 5.75 Å². The van der Waals surface area contributed by atoms with E-state index in [0.29, 0.717) is 19.7 Å². The summed E-state index contributed by atoms with van der Waals surface area (Å²) >= 11 is 0. The Morgan fingerprint density at radius 1 is 1.16 bits per heavy atom. The molecule has 0 spiro atoms.